The van der Waals surface area contributed by atoms with Crippen molar-refractivity contribution >= 4 is 5.82 Å². The van der Waals surface area contributed by atoms with Crippen molar-refractivity contribution in [3.8, 4) is 6.07 Å². The summed E-state index contributed by atoms with van der Waals surface area (Å²) in [6.07, 6.45) is 5.33. The zero-order chi connectivity index (χ0) is 11.5. The average Bonchev–Trinajstić information content (AvgIpc) is 2.29. The molecule has 0 radical (unpaired) electrons. The van der Waals surface area contributed by atoms with Gasteiger partial charge < -0.3 is 4.90 Å². The lowest BCUT2D eigenvalue weighted by Gasteiger charge is -2.26. The number of hydrogen-bond acceptors (Lipinski definition) is 3. The summed E-state index contributed by atoms with van der Waals surface area (Å²) < 4.78 is 0. The Hall–Kier alpha value is -1.82. The molecule has 0 unspecified atom stereocenters. The molecule has 1 aromatic heterocycles. The molecule has 0 atom stereocenters. The number of hydrogen-bond donors (Lipinski definition) is 0. The zero-order valence-electron chi connectivity index (χ0n) is 9.70. The van der Waals surface area contributed by atoms with Gasteiger partial charge in [-0.1, -0.05) is 12.2 Å². The minimum Gasteiger partial charge on any atom is -0.351 e. The highest BCUT2D eigenvalue weighted by molar-refractivity contribution is 5.58. The minimum absolute atomic E-state index is 0.709. The summed E-state index contributed by atoms with van der Waals surface area (Å²) in [4.78, 5) is 6.66. The molecule has 0 spiro atoms. The van der Waals surface area contributed by atoms with Gasteiger partial charge in [0.25, 0.3) is 0 Å². The van der Waals surface area contributed by atoms with Crippen LogP contribution in [0, 0.1) is 25.2 Å². The predicted molar refractivity (Wildman–Crippen MR) is 64.4 cm³/mol. The van der Waals surface area contributed by atoms with E-state index in [0.29, 0.717) is 5.56 Å². The summed E-state index contributed by atoms with van der Waals surface area (Å²) in [5, 5.41) is 9.19. The normalized spacial score (nSPS) is 14.9. The molecule has 1 aliphatic heterocycles. The highest BCUT2D eigenvalue weighted by Crippen LogP contribution is 2.23. The fraction of sp³-hybridized carbons (Fsp3) is 0.385. The van der Waals surface area contributed by atoms with E-state index < -0.39 is 0 Å². The molecule has 3 nitrogen and oxygen atoms in total. The van der Waals surface area contributed by atoms with Crippen LogP contribution in [0.5, 0.6) is 0 Å². The maximum absolute atomic E-state index is 9.19. The number of nitrogens with zero attached hydrogens (tertiary/aromatic N) is 3. The van der Waals surface area contributed by atoms with Gasteiger partial charge in [0.1, 0.15) is 11.9 Å². The Balaban J connectivity index is 2.46. The number of pyridine rings is 1. The smallest absolute Gasteiger partial charge is 0.147 e. The fourth-order valence-electron chi connectivity index (χ4n) is 2.02. The van der Waals surface area contributed by atoms with Crippen molar-refractivity contribution < 1.29 is 0 Å². The maximum atomic E-state index is 9.19. The van der Waals surface area contributed by atoms with E-state index in [1.807, 2.05) is 19.9 Å². The van der Waals surface area contributed by atoms with Gasteiger partial charge in [-0.3, -0.25) is 0 Å². The van der Waals surface area contributed by atoms with Crippen LogP contribution in [-0.4, -0.2) is 18.1 Å². The second kappa shape index (κ2) is 4.36. The van der Waals surface area contributed by atoms with Crippen molar-refractivity contribution in [2.45, 2.75) is 20.3 Å². The molecule has 0 aromatic carbocycles. The lowest BCUT2D eigenvalue weighted by molar-refractivity contribution is 0.800. The van der Waals surface area contributed by atoms with Gasteiger partial charge in [0.2, 0.25) is 0 Å². The highest BCUT2D eigenvalue weighted by atomic mass is 15.2. The largest absolute Gasteiger partial charge is 0.351 e. The molecule has 0 fully saturated rings. The van der Waals surface area contributed by atoms with Gasteiger partial charge in [-0.15, -0.1) is 0 Å². The first-order chi connectivity index (χ1) is 7.72. The van der Waals surface area contributed by atoms with Crippen molar-refractivity contribution in [3.63, 3.8) is 0 Å². The quantitative estimate of drug-likeness (QED) is 0.672. The first-order valence-electron chi connectivity index (χ1n) is 5.50. The van der Waals surface area contributed by atoms with E-state index in [4.69, 9.17) is 0 Å². The Bertz CT molecular complexity index is 469. The number of rotatable bonds is 1. The second-order valence-corrected chi connectivity index (χ2v) is 4.10. The monoisotopic (exact) mass is 213 g/mol. The summed E-state index contributed by atoms with van der Waals surface area (Å²) in [5.74, 6) is 0.837. The Morgan fingerprint density at radius 2 is 2.19 bits per heavy atom. The third-order valence-electron chi connectivity index (χ3n) is 2.80. The fourth-order valence-corrected chi connectivity index (χ4v) is 2.02. The molecule has 16 heavy (non-hydrogen) atoms. The van der Waals surface area contributed by atoms with Crippen molar-refractivity contribution in [3.05, 3.63) is 35.0 Å². The summed E-state index contributed by atoms with van der Waals surface area (Å²) in [5.41, 5.74) is 2.70. The van der Waals surface area contributed by atoms with Crippen molar-refractivity contribution in [2.75, 3.05) is 18.0 Å². The van der Waals surface area contributed by atoms with E-state index in [0.717, 1.165) is 36.6 Å². The number of aryl methyl sites for hydroxylation is 2. The second-order valence-electron chi connectivity index (χ2n) is 4.10. The zero-order valence-corrected chi connectivity index (χ0v) is 9.70. The number of nitriles is 1. The van der Waals surface area contributed by atoms with Gasteiger partial charge >= 0.3 is 0 Å². The average molecular weight is 213 g/mol. The van der Waals surface area contributed by atoms with Gasteiger partial charge in [0, 0.05) is 18.8 Å². The molecule has 0 aliphatic carbocycles. The summed E-state index contributed by atoms with van der Waals surface area (Å²) >= 11 is 0. The standard InChI is InChI=1S/C13H15N3/c1-10-8-11(2)15-13(12(10)9-14)16-6-4-3-5-7-16/h3-4,8H,5-7H2,1-2H3. The molecule has 0 saturated heterocycles. The van der Waals surface area contributed by atoms with Crippen LogP contribution in [0.4, 0.5) is 5.82 Å². The number of anilines is 1. The molecule has 82 valence electrons. The van der Waals surface area contributed by atoms with Gasteiger partial charge in [-0.25, -0.2) is 4.98 Å². The van der Waals surface area contributed by atoms with E-state index in [2.05, 4.69) is 28.1 Å². The minimum atomic E-state index is 0.709. The van der Waals surface area contributed by atoms with E-state index in [1.165, 1.54) is 0 Å². The highest BCUT2D eigenvalue weighted by Gasteiger charge is 2.15. The molecular weight excluding hydrogens is 198 g/mol. The van der Waals surface area contributed by atoms with Crippen LogP contribution in [0.1, 0.15) is 23.2 Å². The molecule has 1 aromatic rings. The molecule has 0 saturated carbocycles. The molecular formula is C13H15N3. The Morgan fingerprint density at radius 1 is 1.38 bits per heavy atom. The molecule has 0 amide bonds. The maximum Gasteiger partial charge on any atom is 0.147 e. The van der Waals surface area contributed by atoms with Crippen LogP contribution in [0.3, 0.4) is 0 Å². The first-order valence-corrected chi connectivity index (χ1v) is 5.50. The van der Waals surface area contributed by atoms with Gasteiger partial charge in [0.15, 0.2) is 0 Å². The lowest BCUT2D eigenvalue weighted by Crippen LogP contribution is -2.28. The third kappa shape index (κ3) is 1.92. The molecule has 1 aliphatic rings. The van der Waals surface area contributed by atoms with E-state index >= 15 is 0 Å². The Labute approximate surface area is 96.0 Å². The van der Waals surface area contributed by atoms with E-state index in [1.54, 1.807) is 0 Å². The molecule has 3 heteroatoms. The predicted octanol–water partition coefficient (Wildman–Crippen LogP) is 2.34. The van der Waals surface area contributed by atoms with Crippen LogP contribution in [0.25, 0.3) is 0 Å². The Kier molecular flexibility index (Phi) is 2.91. The third-order valence-corrected chi connectivity index (χ3v) is 2.80. The van der Waals surface area contributed by atoms with Crippen LogP contribution < -0.4 is 4.90 Å². The molecule has 2 heterocycles. The van der Waals surface area contributed by atoms with Gasteiger partial charge in [-0.2, -0.15) is 5.26 Å². The van der Waals surface area contributed by atoms with Crippen molar-refractivity contribution in [1.29, 1.82) is 5.26 Å². The first kappa shape index (κ1) is 10.7. The van der Waals surface area contributed by atoms with Crippen LogP contribution in [0.15, 0.2) is 18.2 Å². The topological polar surface area (TPSA) is 39.9 Å². The van der Waals surface area contributed by atoms with E-state index in [9.17, 15) is 5.26 Å². The van der Waals surface area contributed by atoms with Crippen molar-refractivity contribution in [2.24, 2.45) is 0 Å². The summed E-state index contributed by atoms with van der Waals surface area (Å²) in [6, 6.07) is 4.22. The van der Waals surface area contributed by atoms with Crippen LogP contribution in [-0.2, 0) is 0 Å². The van der Waals surface area contributed by atoms with Crippen molar-refractivity contribution in [1.82, 2.24) is 4.98 Å². The van der Waals surface area contributed by atoms with Crippen LogP contribution in [0.2, 0.25) is 0 Å². The molecule has 0 N–H and O–H groups in total. The van der Waals surface area contributed by atoms with Crippen LogP contribution >= 0.6 is 0 Å². The van der Waals surface area contributed by atoms with Gasteiger partial charge in [-0.05, 0) is 31.9 Å². The lowest BCUT2D eigenvalue weighted by atomic mass is 10.1. The van der Waals surface area contributed by atoms with E-state index in [-0.39, 0.29) is 0 Å². The Morgan fingerprint density at radius 3 is 2.81 bits per heavy atom. The summed E-state index contributed by atoms with van der Waals surface area (Å²) in [7, 11) is 0. The SMILES string of the molecule is Cc1cc(C)c(C#N)c(N2CC=CCC2)n1. The molecule has 2 rings (SSSR count). The van der Waals surface area contributed by atoms with Gasteiger partial charge in [0.05, 0.1) is 5.56 Å². The number of aromatic nitrogens is 1. The summed E-state index contributed by atoms with van der Waals surface area (Å²) in [6.45, 7) is 5.74. The molecule has 0 bridgehead atoms.